The van der Waals surface area contributed by atoms with Gasteiger partial charge in [-0.05, 0) is 29.0 Å². The molecule has 0 unspecified atom stereocenters. The predicted molar refractivity (Wildman–Crippen MR) is 72.0 cm³/mol. The molecule has 0 fully saturated rings. The van der Waals surface area contributed by atoms with Crippen LogP contribution >= 0.6 is 0 Å². The average Bonchev–Trinajstić information content (AvgIpc) is 2.28. The van der Waals surface area contributed by atoms with Gasteiger partial charge in [-0.2, -0.15) is 0 Å². The summed E-state index contributed by atoms with van der Waals surface area (Å²) in [5.74, 6) is 0.496. The van der Waals surface area contributed by atoms with Crippen LogP contribution in [-0.4, -0.2) is 8.42 Å². The summed E-state index contributed by atoms with van der Waals surface area (Å²) in [6.45, 7) is 11.5. The van der Waals surface area contributed by atoms with Crippen LogP contribution in [0.2, 0.25) is 0 Å². The molecule has 0 spiro atoms. The molecule has 3 heteroatoms. The number of benzene rings is 1. The highest BCUT2D eigenvalue weighted by Crippen LogP contribution is 2.28. The largest absolute Gasteiger partial charge is 0.219 e. The molecule has 1 rings (SSSR count). The molecule has 0 heterocycles. The Hall–Kier alpha value is -1.09. The van der Waals surface area contributed by atoms with Crippen LogP contribution in [0.3, 0.4) is 0 Å². The first-order valence-corrected chi connectivity index (χ1v) is 7.35. The lowest BCUT2D eigenvalue weighted by atomic mass is 9.97. The first kappa shape index (κ1) is 14.0. The molecule has 17 heavy (non-hydrogen) atoms. The summed E-state index contributed by atoms with van der Waals surface area (Å²) < 4.78 is 24.0. The molecular formula is C14H20O2S. The molecular weight excluding hydrogens is 232 g/mol. The molecule has 0 N–H and O–H groups in total. The quantitative estimate of drug-likeness (QED) is 0.815. The maximum Gasteiger partial charge on any atom is 0.199 e. The minimum atomic E-state index is -3.37. The Labute approximate surface area is 104 Å². The molecule has 0 bridgehead atoms. The van der Waals surface area contributed by atoms with Gasteiger partial charge < -0.3 is 0 Å². The third-order valence-electron chi connectivity index (χ3n) is 2.85. The van der Waals surface area contributed by atoms with Gasteiger partial charge >= 0.3 is 0 Å². The van der Waals surface area contributed by atoms with Crippen LogP contribution in [0.15, 0.2) is 35.1 Å². The Bertz CT molecular complexity index is 511. The summed E-state index contributed by atoms with van der Waals surface area (Å²) >= 11 is 0. The molecule has 0 saturated carbocycles. The number of rotatable bonds is 4. The predicted octanol–water partition coefficient (Wildman–Crippen LogP) is 3.85. The van der Waals surface area contributed by atoms with Crippen molar-refractivity contribution in [1.82, 2.24) is 0 Å². The van der Waals surface area contributed by atoms with E-state index in [-0.39, 0.29) is 5.92 Å². The van der Waals surface area contributed by atoms with Gasteiger partial charge in [0, 0.05) is 5.41 Å². The van der Waals surface area contributed by atoms with Crippen molar-refractivity contribution in [3.63, 3.8) is 0 Å². The molecule has 0 amide bonds. The second-order valence-corrected chi connectivity index (χ2v) is 6.68. The topological polar surface area (TPSA) is 34.1 Å². The van der Waals surface area contributed by atoms with E-state index in [2.05, 4.69) is 20.4 Å². The number of hydrogen-bond donors (Lipinski definition) is 0. The van der Waals surface area contributed by atoms with Crippen molar-refractivity contribution < 1.29 is 8.42 Å². The molecule has 0 radical (unpaired) electrons. The van der Waals surface area contributed by atoms with Crippen LogP contribution in [0.5, 0.6) is 0 Å². The fourth-order valence-corrected chi connectivity index (χ4v) is 2.84. The minimum Gasteiger partial charge on any atom is -0.219 e. The monoisotopic (exact) mass is 252 g/mol. The molecule has 0 aliphatic rings. The van der Waals surface area contributed by atoms with Crippen molar-refractivity contribution in [3.8, 4) is 0 Å². The minimum absolute atomic E-state index is 0.181. The maximum absolute atomic E-state index is 12.0. The first-order valence-electron chi connectivity index (χ1n) is 5.81. The van der Waals surface area contributed by atoms with Gasteiger partial charge in [-0.25, -0.2) is 8.42 Å². The molecule has 0 saturated heterocycles. The van der Waals surface area contributed by atoms with E-state index in [0.717, 1.165) is 16.5 Å². The van der Waals surface area contributed by atoms with Crippen LogP contribution in [0, 0.1) is 0 Å². The lowest BCUT2D eigenvalue weighted by Crippen LogP contribution is -2.04. The lowest BCUT2D eigenvalue weighted by molar-refractivity contribution is 0.602. The van der Waals surface area contributed by atoms with Gasteiger partial charge in [0.05, 0.1) is 4.90 Å². The van der Waals surface area contributed by atoms with Crippen LogP contribution in [-0.2, 0) is 9.84 Å². The second-order valence-electron chi connectivity index (χ2n) is 4.82. The Morgan fingerprint density at radius 3 is 2.12 bits per heavy atom. The average molecular weight is 252 g/mol. The van der Waals surface area contributed by atoms with Gasteiger partial charge in [0.1, 0.15) is 0 Å². The van der Waals surface area contributed by atoms with Gasteiger partial charge in [-0.3, -0.25) is 0 Å². The highest BCUT2D eigenvalue weighted by atomic mass is 32.2. The van der Waals surface area contributed by atoms with Crippen LogP contribution in [0.4, 0.5) is 0 Å². The second kappa shape index (κ2) is 5.05. The smallest absolute Gasteiger partial charge is 0.199 e. The third kappa shape index (κ3) is 2.97. The summed E-state index contributed by atoms with van der Waals surface area (Å²) in [6, 6.07) is 5.69. The molecule has 0 aliphatic carbocycles. The van der Waals surface area contributed by atoms with E-state index in [1.54, 1.807) is 6.07 Å². The molecule has 1 aromatic rings. The fraction of sp³-hybridized carbons (Fsp3) is 0.429. The normalized spacial score (nSPS) is 12.1. The molecule has 0 atom stereocenters. The van der Waals surface area contributed by atoms with Gasteiger partial charge in [-0.1, -0.05) is 46.4 Å². The van der Waals surface area contributed by atoms with Crippen molar-refractivity contribution in [2.75, 3.05) is 0 Å². The SMILES string of the molecule is C=CS(=O)(=O)c1cc(C(C)C)ccc1C(C)C. The number of sulfone groups is 1. The summed E-state index contributed by atoms with van der Waals surface area (Å²) in [5, 5.41) is 1.03. The fourth-order valence-electron chi connectivity index (χ4n) is 1.72. The van der Waals surface area contributed by atoms with E-state index in [0.29, 0.717) is 10.8 Å². The first-order chi connectivity index (χ1) is 7.79. The Kier molecular flexibility index (Phi) is 4.15. The Balaban J connectivity index is 3.52. The van der Waals surface area contributed by atoms with E-state index in [1.807, 2.05) is 26.0 Å². The van der Waals surface area contributed by atoms with Crippen LogP contribution < -0.4 is 0 Å². The zero-order valence-corrected chi connectivity index (χ0v) is 11.7. The summed E-state index contributed by atoms with van der Waals surface area (Å²) in [7, 11) is -3.37. The molecule has 0 aliphatic heterocycles. The summed E-state index contributed by atoms with van der Waals surface area (Å²) in [4.78, 5) is 0.397. The van der Waals surface area contributed by atoms with E-state index in [4.69, 9.17) is 0 Å². The van der Waals surface area contributed by atoms with E-state index < -0.39 is 9.84 Å². The molecule has 2 nitrogen and oxygen atoms in total. The third-order valence-corrected chi connectivity index (χ3v) is 4.26. The lowest BCUT2D eigenvalue weighted by Gasteiger charge is -2.14. The Morgan fingerprint density at radius 1 is 1.12 bits per heavy atom. The van der Waals surface area contributed by atoms with Crippen LogP contribution in [0.25, 0.3) is 0 Å². The molecule has 0 aromatic heterocycles. The van der Waals surface area contributed by atoms with Gasteiger partial charge in [0.2, 0.25) is 0 Å². The van der Waals surface area contributed by atoms with E-state index >= 15 is 0 Å². The highest BCUT2D eigenvalue weighted by Gasteiger charge is 2.18. The van der Waals surface area contributed by atoms with Gasteiger partial charge in [-0.15, -0.1) is 0 Å². The van der Waals surface area contributed by atoms with Crippen molar-refractivity contribution >= 4 is 9.84 Å². The van der Waals surface area contributed by atoms with Crippen molar-refractivity contribution in [1.29, 1.82) is 0 Å². The van der Waals surface area contributed by atoms with Crippen LogP contribution in [0.1, 0.15) is 50.7 Å². The van der Waals surface area contributed by atoms with Crippen molar-refractivity contribution in [2.45, 2.75) is 44.4 Å². The van der Waals surface area contributed by atoms with E-state index in [1.165, 1.54) is 0 Å². The zero-order valence-electron chi connectivity index (χ0n) is 10.9. The van der Waals surface area contributed by atoms with E-state index in [9.17, 15) is 8.42 Å². The molecule has 94 valence electrons. The molecule has 1 aromatic carbocycles. The highest BCUT2D eigenvalue weighted by molar-refractivity contribution is 7.94. The van der Waals surface area contributed by atoms with Crippen molar-refractivity contribution in [2.24, 2.45) is 0 Å². The standard InChI is InChI=1S/C14H20O2S/c1-6-17(15,16)14-9-12(10(2)3)7-8-13(14)11(4)5/h6-11H,1H2,2-5H3. The van der Waals surface area contributed by atoms with Gasteiger partial charge in [0.25, 0.3) is 0 Å². The Morgan fingerprint density at radius 2 is 1.71 bits per heavy atom. The van der Waals surface area contributed by atoms with Gasteiger partial charge in [0.15, 0.2) is 9.84 Å². The van der Waals surface area contributed by atoms with Crippen molar-refractivity contribution in [3.05, 3.63) is 41.3 Å². The number of hydrogen-bond acceptors (Lipinski definition) is 2. The summed E-state index contributed by atoms with van der Waals surface area (Å²) in [6.07, 6.45) is 0. The maximum atomic E-state index is 12.0. The summed E-state index contributed by atoms with van der Waals surface area (Å²) in [5.41, 5.74) is 1.89. The zero-order chi connectivity index (χ0) is 13.2.